The second-order valence-electron chi connectivity index (χ2n) is 8.25. The molecular weight excluding hydrogens is 517 g/mol. The summed E-state index contributed by atoms with van der Waals surface area (Å²) in [4.78, 5) is 0. The van der Waals surface area contributed by atoms with Crippen molar-refractivity contribution in [3.8, 4) is 34.8 Å². The van der Waals surface area contributed by atoms with Crippen LogP contribution in [-0.4, -0.2) is 47.8 Å². The first-order valence-electron chi connectivity index (χ1n) is 11.2. The van der Waals surface area contributed by atoms with E-state index in [2.05, 4.69) is 14.9 Å². The lowest BCUT2D eigenvalue weighted by Gasteiger charge is -2.22. The molecule has 0 saturated heterocycles. The van der Waals surface area contributed by atoms with Crippen LogP contribution in [0.25, 0.3) is 17.3 Å². The number of aromatic nitrogens is 3. The van der Waals surface area contributed by atoms with Crippen molar-refractivity contribution >= 4 is 16.0 Å². The van der Waals surface area contributed by atoms with Gasteiger partial charge in [0.25, 0.3) is 0 Å². The van der Waals surface area contributed by atoms with E-state index in [1.54, 1.807) is 43.3 Å². The fourth-order valence-corrected chi connectivity index (χ4v) is 4.87. The number of nitriles is 1. The van der Waals surface area contributed by atoms with Gasteiger partial charge in [-0.2, -0.15) is 5.26 Å². The van der Waals surface area contributed by atoms with Gasteiger partial charge in [0.05, 0.1) is 25.9 Å². The average Bonchev–Trinajstić information content (AvgIpc) is 3.52. The molecule has 2 atom stereocenters. The van der Waals surface area contributed by atoms with Gasteiger partial charge in [0.15, 0.2) is 5.76 Å². The number of aliphatic hydroxyl groups excluding tert-OH is 1. The molecule has 4 rings (SSSR count). The van der Waals surface area contributed by atoms with Crippen molar-refractivity contribution in [3.05, 3.63) is 71.2 Å². The zero-order valence-corrected chi connectivity index (χ0v) is 21.7. The number of anilines is 1. The molecule has 2 heterocycles. The lowest BCUT2D eigenvalue weighted by molar-refractivity contribution is 0.171. The summed E-state index contributed by atoms with van der Waals surface area (Å²) in [6.07, 6.45) is -1.76. The number of nitrogens with one attached hydrogen (secondary N) is 1. The van der Waals surface area contributed by atoms with Crippen molar-refractivity contribution in [1.82, 2.24) is 14.8 Å². The number of rotatable bonds is 9. The lowest BCUT2D eigenvalue weighted by atomic mass is 10.0. The van der Waals surface area contributed by atoms with E-state index < -0.39 is 27.2 Å². The number of nitrogens with zero attached hydrogens (tertiary/aromatic N) is 4. The van der Waals surface area contributed by atoms with Crippen LogP contribution in [0.5, 0.6) is 11.5 Å². The summed E-state index contributed by atoms with van der Waals surface area (Å²) in [5, 5.41) is 26.3. The third-order valence-corrected chi connectivity index (χ3v) is 7.57. The molecule has 13 heteroatoms. The average molecular weight is 542 g/mol. The van der Waals surface area contributed by atoms with Crippen LogP contribution in [-0.2, 0) is 10.0 Å². The third-order valence-electron chi connectivity index (χ3n) is 5.87. The van der Waals surface area contributed by atoms with E-state index in [0.717, 1.165) is 6.07 Å². The normalized spacial score (nSPS) is 13.0. The third kappa shape index (κ3) is 4.91. The van der Waals surface area contributed by atoms with Gasteiger partial charge in [0.2, 0.25) is 21.8 Å². The Labute approximate surface area is 218 Å². The molecule has 0 aliphatic carbocycles. The van der Waals surface area contributed by atoms with Gasteiger partial charge in [-0.05, 0) is 50.2 Å². The van der Waals surface area contributed by atoms with Crippen LogP contribution in [0.15, 0.2) is 52.9 Å². The topological polar surface area (TPSA) is 152 Å². The van der Waals surface area contributed by atoms with Gasteiger partial charge in [0.1, 0.15) is 40.1 Å². The first-order chi connectivity index (χ1) is 18.1. The van der Waals surface area contributed by atoms with Crippen LogP contribution in [0.1, 0.15) is 29.9 Å². The predicted molar refractivity (Wildman–Crippen MR) is 135 cm³/mol. The molecule has 0 saturated carbocycles. The number of aliphatic hydroxyl groups is 1. The molecule has 0 radical (unpaired) electrons. The van der Waals surface area contributed by atoms with Gasteiger partial charge in [-0.3, -0.25) is 9.29 Å². The highest BCUT2D eigenvalue weighted by Crippen LogP contribution is 2.38. The van der Waals surface area contributed by atoms with Crippen molar-refractivity contribution < 1.29 is 31.8 Å². The summed E-state index contributed by atoms with van der Waals surface area (Å²) in [5.41, 5.74) is 0.0451. The molecule has 4 aromatic rings. The quantitative estimate of drug-likeness (QED) is 0.323. The number of sulfonamides is 1. The summed E-state index contributed by atoms with van der Waals surface area (Å²) in [6, 6.07) is 13.5. The molecule has 0 unspecified atom stereocenters. The number of ether oxygens (including phenoxy) is 2. The maximum absolute atomic E-state index is 14.5. The zero-order valence-electron chi connectivity index (χ0n) is 20.8. The smallest absolute Gasteiger partial charge is 0.243 e. The van der Waals surface area contributed by atoms with Crippen LogP contribution < -0.4 is 14.2 Å². The van der Waals surface area contributed by atoms with Crippen molar-refractivity contribution in [2.45, 2.75) is 25.2 Å². The zero-order chi connectivity index (χ0) is 27.6. The van der Waals surface area contributed by atoms with Crippen molar-refractivity contribution in [2.24, 2.45) is 0 Å². The van der Waals surface area contributed by atoms with Crippen molar-refractivity contribution in [1.29, 1.82) is 5.26 Å². The summed E-state index contributed by atoms with van der Waals surface area (Å²) in [5.74, 6) is 0.506. The van der Waals surface area contributed by atoms with Gasteiger partial charge < -0.3 is 19.0 Å². The summed E-state index contributed by atoms with van der Waals surface area (Å²) in [6.45, 7) is 2.95. The van der Waals surface area contributed by atoms with Crippen LogP contribution >= 0.6 is 0 Å². The Morgan fingerprint density at radius 3 is 2.37 bits per heavy atom. The molecule has 0 fully saturated rings. The van der Waals surface area contributed by atoms with Crippen LogP contribution in [0, 0.1) is 24.1 Å². The molecule has 0 aliphatic rings. The molecule has 0 aliphatic heterocycles. The summed E-state index contributed by atoms with van der Waals surface area (Å²) >= 11 is 0. The van der Waals surface area contributed by atoms with E-state index in [4.69, 9.17) is 19.2 Å². The van der Waals surface area contributed by atoms with E-state index >= 15 is 0 Å². The maximum Gasteiger partial charge on any atom is 0.243 e. The first-order valence-corrected chi connectivity index (χ1v) is 12.8. The number of hydrogen-bond donors (Lipinski definition) is 2. The van der Waals surface area contributed by atoms with E-state index in [1.807, 2.05) is 0 Å². The number of halogens is 1. The number of hydrogen-bond acceptors (Lipinski definition) is 9. The molecule has 0 bridgehead atoms. The van der Waals surface area contributed by atoms with Gasteiger partial charge >= 0.3 is 0 Å². The second-order valence-corrected chi connectivity index (χ2v) is 10.3. The molecule has 0 spiro atoms. The molecule has 2 aromatic carbocycles. The Morgan fingerprint density at radius 2 is 1.82 bits per heavy atom. The van der Waals surface area contributed by atoms with E-state index in [1.165, 1.54) is 37.8 Å². The highest BCUT2D eigenvalue weighted by Gasteiger charge is 2.34. The van der Waals surface area contributed by atoms with E-state index in [-0.39, 0.29) is 28.6 Å². The minimum atomic E-state index is -4.39. The largest absolute Gasteiger partial charge is 0.494 e. The van der Waals surface area contributed by atoms with Crippen molar-refractivity contribution in [2.75, 3.05) is 18.9 Å². The summed E-state index contributed by atoms with van der Waals surface area (Å²) in [7, 11) is -1.52. The van der Waals surface area contributed by atoms with Gasteiger partial charge in [-0.15, -0.1) is 10.2 Å². The van der Waals surface area contributed by atoms with Crippen molar-refractivity contribution in [3.63, 3.8) is 0 Å². The van der Waals surface area contributed by atoms with Gasteiger partial charge in [0, 0.05) is 5.56 Å². The van der Waals surface area contributed by atoms with E-state index in [9.17, 15) is 17.9 Å². The summed E-state index contributed by atoms with van der Waals surface area (Å²) < 4.78 is 61.7. The van der Waals surface area contributed by atoms with Crippen LogP contribution in [0.3, 0.4) is 0 Å². The number of aryl methyl sites for hydroxylation is 1. The molecule has 2 N–H and O–H groups in total. The Kier molecular flexibility index (Phi) is 7.38. The van der Waals surface area contributed by atoms with Crippen LogP contribution in [0.2, 0.25) is 0 Å². The van der Waals surface area contributed by atoms with E-state index in [0.29, 0.717) is 23.0 Å². The molecule has 2 aromatic heterocycles. The Bertz CT molecular complexity index is 1600. The fraction of sp³-hybridized carbons (Fsp3) is 0.240. The Morgan fingerprint density at radius 1 is 1.13 bits per heavy atom. The molecule has 0 amide bonds. The standard InChI is InChI=1S/C25H24FN5O6S/c1-14-8-11-21(37-14)24-28-29-25(31(24)22-19(35-3)6-5-7-20(22)36-4)30-38(33,34)15(2)23(32)17-10-9-16(13-27)12-18(17)26/h5-12,15,23,32H,1-4H3,(H,29,30)/t15-,23-/m0/s1. The highest BCUT2D eigenvalue weighted by molar-refractivity contribution is 7.93. The Hall–Kier alpha value is -4.41. The molecule has 198 valence electrons. The van der Waals surface area contributed by atoms with Gasteiger partial charge in [-0.1, -0.05) is 12.1 Å². The monoisotopic (exact) mass is 541 g/mol. The minimum absolute atomic E-state index is 0.0339. The second kappa shape index (κ2) is 10.5. The number of methoxy groups -OCH3 is 2. The molecule has 11 nitrogen and oxygen atoms in total. The van der Waals surface area contributed by atoms with Crippen LogP contribution in [0.4, 0.5) is 10.3 Å². The predicted octanol–water partition coefficient (Wildman–Crippen LogP) is 3.73. The first kappa shape index (κ1) is 26.6. The number of furan rings is 1. The lowest BCUT2D eigenvalue weighted by Crippen LogP contribution is -2.32. The fourth-order valence-electron chi connectivity index (χ4n) is 3.81. The SMILES string of the molecule is COc1cccc(OC)c1-n1c(NS(=O)(=O)[C@@H](C)[C@H](O)c2ccc(C#N)cc2F)nnc1-c1ccc(C)o1. The molecule has 38 heavy (non-hydrogen) atoms. The number of benzene rings is 2. The Balaban J connectivity index is 1.81. The van der Waals surface area contributed by atoms with Gasteiger partial charge in [-0.25, -0.2) is 12.8 Å². The highest BCUT2D eigenvalue weighted by atomic mass is 32.2. The maximum atomic E-state index is 14.5. The molecular formula is C25H24FN5O6S. The minimum Gasteiger partial charge on any atom is -0.494 e. The number of para-hydroxylation sites is 1.